The maximum atomic E-state index is 11.7. The Morgan fingerprint density at radius 3 is 2.24 bits per heavy atom. The summed E-state index contributed by atoms with van der Waals surface area (Å²) in [6.45, 7) is -0.262. The van der Waals surface area contributed by atoms with Crippen LogP contribution >= 0.6 is 0 Å². The number of nitrogens with two attached hydrogens (primary N) is 1. The number of rotatable bonds is 7. The van der Waals surface area contributed by atoms with Crippen molar-refractivity contribution in [2.75, 3.05) is 19.6 Å². The van der Waals surface area contributed by atoms with Gasteiger partial charge in [0.1, 0.15) is 0 Å². The predicted octanol–water partition coefficient (Wildman–Crippen LogP) is -0.0899. The van der Waals surface area contributed by atoms with E-state index in [1.807, 2.05) is 0 Å². The number of hydrogen-bond donors (Lipinski definition) is 3. The Balaban J connectivity index is 3.43. The van der Waals surface area contributed by atoms with Crippen molar-refractivity contribution in [2.45, 2.75) is 25.4 Å². The van der Waals surface area contributed by atoms with Gasteiger partial charge in [-0.25, -0.2) is 0 Å². The van der Waals surface area contributed by atoms with E-state index in [1.165, 1.54) is 0 Å². The molecule has 5 nitrogen and oxygen atoms in total. The van der Waals surface area contributed by atoms with Crippen LogP contribution in [-0.2, 0) is 9.59 Å². The molecule has 0 saturated carbocycles. The Morgan fingerprint density at radius 1 is 1.06 bits per heavy atom. The largest absolute Gasteiger partial charge is 0.389 e. The Labute approximate surface area is 96.9 Å². The summed E-state index contributed by atoms with van der Waals surface area (Å²) in [5.74, 6) is -0.906. The first-order chi connectivity index (χ1) is 7.85. The van der Waals surface area contributed by atoms with Gasteiger partial charge < -0.3 is 16.4 Å². The zero-order valence-corrected chi connectivity index (χ0v) is 9.27. The Morgan fingerprint density at radius 2 is 1.71 bits per heavy atom. The summed E-state index contributed by atoms with van der Waals surface area (Å²) < 4.78 is 35.2. The van der Waals surface area contributed by atoms with Crippen LogP contribution in [0.3, 0.4) is 0 Å². The van der Waals surface area contributed by atoms with Crippen LogP contribution in [0, 0.1) is 0 Å². The van der Waals surface area contributed by atoms with Gasteiger partial charge in [0.15, 0.2) is 0 Å². The fourth-order valence-electron chi connectivity index (χ4n) is 0.992. The van der Waals surface area contributed by atoms with Crippen LogP contribution in [0.4, 0.5) is 13.2 Å². The molecular formula is C9H16F3N3O2. The third-order valence-electron chi connectivity index (χ3n) is 1.84. The Hall–Kier alpha value is -1.31. The molecular weight excluding hydrogens is 239 g/mol. The molecule has 0 bridgehead atoms. The highest BCUT2D eigenvalue weighted by molar-refractivity contribution is 5.85. The molecule has 0 unspecified atom stereocenters. The number of unbranched alkanes of at least 4 members (excludes halogenated alkanes) is 1. The molecule has 0 fully saturated rings. The monoisotopic (exact) mass is 255 g/mol. The van der Waals surface area contributed by atoms with Crippen molar-refractivity contribution in [3.05, 3.63) is 0 Å². The lowest BCUT2D eigenvalue weighted by Gasteiger charge is -2.07. The van der Waals surface area contributed by atoms with E-state index >= 15 is 0 Å². The summed E-state index contributed by atoms with van der Waals surface area (Å²) >= 11 is 0. The topological polar surface area (TPSA) is 84.2 Å². The molecule has 8 heteroatoms. The lowest BCUT2D eigenvalue weighted by molar-refractivity contribution is -0.135. The first-order valence-corrected chi connectivity index (χ1v) is 5.15. The minimum absolute atomic E-state index is 0.0288. The van der Waals surface area contributed by atoms with Crippen LogP contribution in [0.2, 0.25) is 0 Å². The van der Waals surface area contributed by atoms with E-state index in [4.69, 9.17) is 5.73 Å². The van der Waals surface area contributed by atoms with Crippen LogP contribution < -0.4 is 16.4 Å². The van der Waals surface area contributed by atoms with Crippen LogP contribution in [-0.4, -0.2) is 37.6 Å². The van der Waals surface area contributed by atoms with Crippen molar-refractivity contribution in [2.24, 2.45) is 5.73 Å². The molecule has 0 rings (SSSR count). The minimum Gasteiger partial charge on any atom is -0.355 e. The minimum atomic E-state index is -4.15. The third kappa shape index (κ3) is 11.0. The summed E-state index contributed by atoms with van der Waals surface area (Å²) in [6.07, 6.45) is -4.79. The quantitative estimate of drug-likeness (QED) is 0.556. The number of hydrogen-bond acceptors (Lipinski definition) is 3. The van der Waals surface area contributed by atoms with E-state index in [2.05, 4.69) is 10.6 Å². The maximum absolute atomic E-state index is 11.7. The zero-order valence-electron chi connectivity index (χ0n) is 9.27. The second-order valence-corrected chi connectivity index (χ2v) is 3.40. The van der Waals surface area contributed by atoms with Crippen molar-refractivity contribution in [3.63, 3.8) is 0 Å². The van der Waals surface area contributed by atoms with Crippen molar-refractivity contribution in [1.29, 1.82) is 0 Å². The average molecular weight is 255 g/mol. The van der Waals surface area contributed by atoms with Crippen molar-refractivity contribution >= 4 is 11.8 Å². The van der Waals surface area contributed by atoms with E-state index < -0.39 is 24.4 Å². The summed E-state index contributed by atoms with van der Waals surface area (Å²) in [4.78, 5) is 21.7. The molecule has 0 saturated heterocycles. The van der Waals surface area contributed by atoms with Gasteiger partial charge in [-0.2, -0.15) is 13.2 Å². The molecule has 2 amide bonds. The van der Waals surface area contributed by atoms with Crippen LogP contribution in [0.5, 0.6) is 0 Å². The van der Waals surface area contributed by atoms with E-state index in [-0.39, 0.29) is 32.5 Å². The van der Waals surface area contributed by atoms with E-state index in [0.29, 0.717) is 0 Å². The van der Waals surface area contributed by atoms with E-state index in [0.717, 1.165) is 0 Å². The van der Waals surface area contributed by atoms with Gasteiger partial charge in [0.25, 0.3) is 0 Å². The molecule has 0 aliphatic rings. The Kier molecular flexibility index (Phi) is 7.27. The number of carbonyl (C=O) groups excluding carboxylic acids is 2. The molecule has 4 N–H and O–H groups in total. The first-order valence-electron chi connectivity index (χ1n) is 5.15. The Bertz CT molecular complexity index is 256. The smallest absolute Gasteiger partial charge is 0.355 e. The van der Waals surface area contributed by atoms with E-state index in [9.17, 15) is 22.8 Å². The van der Waals surface area contributed by atoms with Crippen LogP contribution in [0.15, 0.2) is 0 Å². The number of halogens is 3. The normalized spacial score (nSPS) is 11.1. The lowest BCUT2D eigenvalue weighted by atomic mass is 10.2. The molecule has 0 aromatic carbocycles. The van der Waals surface area contributed by atoms with Gasteiger partial charge in [-0.05, 0) is 12.8 Å². The molecule has 0 aliphatic heterocycles. The molecule has 0 aromatic rings. The number of amides is 2. The van der Waals surface area contributed by atoms with Crippen molar-refractivity contribution < 1.29 is 22.8 Å². The van der Waals surface area contributed by atoms with Gasteiger partial charge >= 0.3 is 6.18 Å². The van der Waals surface area contributed by atoms with E-state index in [1.54, 1.807) is 0 Å². The third-order valence-corrected chi connectivity index (χ3v) is 1.84. The number of alkyl halides is 3. The molecule has 0 atom stereocenters. The van der Waals surface area contributed by atoms with Gasteiger partial charge in [0.2, 0.25) is 11.8 Å². The maximum Gasteiger partial charge on any atom is 0.389 e. The van der Waals surface area contributed by atoms with Crippen LogP contribution in [0.25, 0.3) is 0 Å². The number of nitrogens with one attached hydrogen (secondary N) is 2. The number of carbonyl (C=O) groups is 2. The highest BCUT2D eigenvalue weighted by atomic mass is 19.4. The molecule has 0 aliphatic carbocycles. The molecule has 100 valence electrons. The lowest BCUT2D eigenvalue weighted by Crippen LogP contribution is -2.39. The summed E-state index contributed by atoms with van der Waals surface area (Å²) in [7, 11) is 0. The standard InChI is InChI=1S/C9H16F3N3O2/c10-9(11,12)3-1-2-4-14-8(17)6-15-7(16)5-13/h1-6,13H2,(H,14,17)(H,15,16). The molecule has 0 heterocycles. The molecule has 0 radical (unpaired) electrons. The van der Waals surface area contributed by atoms with Crippen molar-refractivity contribution in [3.8, 4) is 0 Å². The fraction of sp³-hybridized carbons (Fsp3) is 0.778. The molecule has 0 spiro atoms. The second kappa shape index (κ2) is 7.88. The van der Waals surface area contributed by atoms with Gasteiger partial charge in [-0.15, -0.1) is 0 Å². The van der Waals surface area contributed by atoms with Gasteiger partial charge in [0.05, 0.1) is 13.1 Å². The average Bonchev–Trinajstić information content (AvgIpc) is 2.23. The van der Waals surface area contributed by atoms with Crippen LogP contribution in [0.1, 0.15) is 19.3 Å². The summed E-state index contributed by atoms with van der Waals surface area (Å²) in [5, 5.41) is 4.63. The highest BCUT2D eigenvalue weighted by Crippen LogP contribution is 2.21. The van der Waals surface area contributed by atoms with Gasteiger partial charge in [0, 0.05) is 13.0 Å². The molecule has 17 heavy (non-hydrogen) atoms. The molecule has 0 aromatic heterocycles. The van der Waals surface area contributed by atoms with Gasteiger partial charge in [-0.3, -0.25) is 9.59 Å². The summed E-state index contributed by atoms with van der Waals surface area (Å²) in [6, 6.07) is 0. The SMILES string of the molecule is NCC(=O)NCC(=O)NCCCCC(F)(F)F. The predicted molar refractivity (Wildman–Crippen MR) is 55.0 cm³/mol. The highest BCUT2D eigenvalue weighted by Gasteiger charge is 2.25. The van der Waals surface area contributed by atoms with Crippen molar-refractivity contribution in [1.82, 2.24) is 10.6 Å². The zero-order chi connectivity index (χ0) is 13.3. The van der Waals surface area contributed by atoms with Gasteiger partial charge in [-0.1, -0.05) is 0 Å². The second-order valence-electron chi connectivity index (χ2n) is 3.40. The fourth-order valence-corrected chi connectivity index (χ4v) is 0.992. The first kappa shape index (κ1) is 15.7. The summed E-state index contributed by atoms with van der Waals surface area (Å²) in [5.41, 5.74) is 4.99.